The number of ether oxygens (including phenoxy) is 2. The molecule has 0 saturated heterocycles. The molecular formula is C24H17FO4. The fraction of sp³-hybridized carbons (Fsp3) is 0.0833. The summed E-state index contributed by atoms with van der Waals surface area (Å²) in [6.45, 7) is 3.69. The summed E-state index contributed by atoms with van der Waals surface area (Å²) in [6, 6.07) is 16.0. The summed E-state index contributed by atoms with van der Waals surface area (Å²) in [6.07, 6.45) is 1.55. The number of fused-ring (bicyclic) bond motifs is 1. The van der Waals surface area contributed by atoms with Crippen LogP contribution in [0.1, 0.15) is 37.4 Å². The Kier molecular flexibility index (Phi) is 4.72. The number of rotatable bonds is 3. The van der Waals surface area contributed by atoms with E-state index in [1.807, 2.05) is 19.1 Å². The third kappa shape index (κ3) is 3.80. The molecule has 0 aromatic heterocycles. The van der Waals surface area contributed by atoms with E-state index in [-0.39, 0.29) is 17.4 Å². The van der Waals surface area contributed by atoms with Gasteiger partial charge in [-0.15, -0.1) is 0 Å². The molecule has 144 valence electrons. The molecule has 3 aromatic rings. The number of Topliss-reactive ketones (excluding diaryl/α,β-unsaturated/α-hetero) is 1. The van der Waals surface area contributed by atoms with E-state index in [2.05, 4.69) is 0 Å². The molecule has 0 bridgehead atoms. The Hall–Kier alpha value is -3.73. The van der Waals surface area contributed by atoms with Crippen molar-refractivity contribution in [1.82, 2.24) is 0 Å². The van der Waals surface area contributed by atoms with Crippen LogP contribution in [0.25, 0.3) is 6.08 Å². The molecule has 1 aliphatic heterocycles. The quantitative estimate of drug-likeness (QED) is 0.348. The minimum absolute atomic E-state index is 0.136. The van der Waals surface area contributed by atoms with Crippen LogP contribution in [0.4, 0.5) is 4.39 Å². The molecule has 1 heterocycles. The zero-order valence-electron chi connectivity index (χ0n) is 15.9. The van der Waals surface area contributed by atoms with E-state index >= 15 is 0 Å². The average molecular weight is 388 g/mol. The van der Waals surface area contributed by atoms with Gasteiger partial charge in [-0.3, -0.25) is 4.79 Å². The number of carbonyl (C=O) groups is 2. The van der Waals surface area contributed by atoms with Gasteiger partial charge in [0.25, 0.3) is 0 Å². The first-order chi connectivity index (χ1) is 13.9. The Morgan fingerprint density at radius 2 is 1.69 bits per heavy atom. The summed E-state index contributed by atoms with van der Waals surface area (Å²) in [5.41, 5.74) is 3.19. The van der Waals surface area contributed by atoms with Gasteiger partial charge in [0.1, 0.15) is 17.3 Å². The van der Waals surface area contributed by atoms with Crippen molar-refractivity contribution >= 4 is 17.8 Å². The van der Waals surface area contributed by atoms with Gasteiger partial charge in [-0.2, -0.15) is 0 Å². The highest BCUT2D eigenvalue weighted by Crippen LogP contribution is 2.37. The first-order valence-electron chi connectivity index (χ1n) is 9.04. The standard InChI is InChI=1S/C24H17FO4/c1-14-3-7-17(8-4-14)24(27)28-19-11-15(2)22-20(13-19)29-21(23(22)26)12-16-5-9-18(25)10-6-16/h3-13H,1-2H3/b21-12-. The molecule has 0 radical (unpaired) electrons. The number of allylic oxidation sites excluding steroid dienone is 1. The van der Waals surface area contributed by atoms with Gasteiger partial charge in [-0.05, 0) is 61.4 Å². The van der Waals surface area contributed by atoms with Crippen LogP contribution in [0.15, 0.2) is 66.4 Å². The smallest absolute Gasteiger partial charge is 0.343 e. The SMILES string of the molecule is Cc1ccc(C(=O)Oc2cc(C)c3c(c2)O/C(=C\c2ccc(F)cc2)C3=O)cc1. The number of benzene rings is 3. The van der Waals surface area contributed by atoms with E-state index < -0.39 is 5.97 Å². The fourth-order valence-electron chi connectivity index (χ4n) is 3.10. The number of ketones is 1. The Labute approximate surface area is 167 Å². The normalized spacial score (nSPS) is 13.9. The maximum Gasteiger partial charge on any atom is 0.343 e. The monoisotopic (exact) mass is 388 g/mol. The second-order valence-corrected chi connectivity index (χ2v) is 6.86. The lowest BCUT2D eigenvalue weighted by Gasteiger charge is -2.08. The van der Waals surface area contributed by atoms with Gasteiger partial charge in [0.15, 0.2) is 5.76 Å². The van der Waals surface area contributed by atoms with Crippen molar-refractivity contribution < 1.29 is 23.5 Å². The van der Waals surface area contributed by atoms with Gasteiger partial charge >= 0.3 is 5.97 Å². The minimum atomic E-state index is -0.490. The number of carbonyl (C=O) groups excluding carboxylic acids is 2. The Morgan fingerprint density at radius 1 is 1.00 bits per heavy atom. The number of esters is 1. The van der Waals surface area contributed by atoms with Gasteiger partial charge in [0.2, 0.25) is 5.78 Å². The summed E-state index contributed by atoms with van der Waals surface area (Å²) in [5.74, 6) is -0.353. The third-order valence-electron chi connectivity index (χ3n) is 4.61. The summed E-state index contributed by atoms with van der Waals surface area (Å²) in [7, 11) is 0. The van der Waals surface area contributed by atoms with Crippen molar-refractivity contribution in [1.29, 1.82) is 0 Å². The van der Waals surface area contributed by atoms with Gasteiger partial charge in [-0.25, -0.2) is 9.18 Å². The maximum atomic E-state index is 13.1. The molecule has 0 saturated carbocycles. The summed E-state index contributed by atoms with van der Waals surface area (Å²) < 4.78 is 24.2. The molecule has 3 aromatic carbocycles. The van der Waals surface area contributed by atoms with E-state index in [1.165, 1.54) is 18.2 Å². The molecular weight excluding hydrogens is 371 g/mol. The zero-order chi connectivity index (χ0) is 20.5. The average Bonchev–Trinajstić information content (AvgIpc) is 3.00. The van der Waals surface area contributed by atoms with E-state index in [0.717, 1.165) is 5.56 Å². The third-order valence-corrected chi connectivity index (χ3v) is 4.61. The predicted molar refractivity (Wildman–Crippen MR) is 107 cm³/mol. The number of hydrogen-bond acceptors (Lipinski definition) is 4. The highest BCUT2D eigenvalue weighted by atomic mass is 19.1. The molecule has 0 N–H and O–H groups in total. The van der Waals surface area contributed by atoms with Crippen molar-refractivity contribution in [2.45, 2.75) is 13.8 Å². The van der Waals surface area contributed by atoms with Crippen molar-refractivity contribution in [2.24, 2.45) is 0 Å². The van der Waals surface area contributed by atoms with Crippen LogP contribution in [0.3, 0.4) is 0 Å². The summed E-state index contributed by atoms with van der Waals surface area (Å²) in [5, 5.41) is 0. The Morgan fingerprint density at radius 3 is 2.38 bits per heavy atom. The molecule has 0 aliphatic carbocycles. The van der Waals surface area contributed by atoms with Gasteiger partial charge in [0.05, 0.1) is 11.1 Å². The first kappa shape index (κ1) is 18.6. The second-order valence-electron chi connectivity index (χ2n) is 6.86. The van der Waals surface area contributed by atoms with E-state index in [9.17, 15) is 14.0 Å². The first-order valence-corrected chi connectivity index (χ1v) is 9.04. The van der Waals surface area contributed by atoms with Crippen LogP contribution in [0.2, 0.25) is 0 Å². The second kappa shape index (κ2) is 7.36. The Balaban J connectivity index is 1.59. The van der Waals surface area contributed by atoms with Gasteiger partial charge in [-0.1, -0.05) is 29.8 Å². The lowest BCUT2D eigenvalue weighted by atomic mass is 10.0. The van der Waals surface area contributed by atoms with Crippen molar-refractivity contribution in [3.63, 3.8) is 0 Å². The molecule has 4 nitrogen and oxygen atoms in total. The fourth-order valence-corrected chi connectivity index (χ4v) is 3.10. The molecule has 4 rings (SSSR count). The van der Waals surface area contributed by atoms with Gasteiger partial charge in [0, 0.05) is 6.07 Å². The van der Waals surface area contributed by atoms with Gasteiger partial charge < -0.3 is 9.47 Å². The molecule has 5 heteroatoms. The molecule has 1 aliphatic rings. The number of halogens is 1. The largest absolute Gasteiger partial charge is 0.452 e. The molecule has 0 unspecified atom stereocenters. The zero-order valence-corrected chi connectivity index (χ0v) is 15.9. The van der Waals surface area contributed by atoms with E-state index in [4.69, 9.17) is 9.47 Å². The van der Waals surface area contributed by atoms with E-state index in [0.29, 0.717) is 33.8 Å². The summed E-state index contributed by atoms with van der Waals surface area (Å²) >= 11 is 0. The van der Waals surface area contributed by atoms with Crippen LogP contribution in [-0.2, 0) is 0 Å². The topological polar surface area (TPSA) is 52.6 Å². The highest BCUT2D eigenvalue weighted by molar-refractivity contribution is 6.15. The summed E-state index contributed by atoms with van der Waals surface area (Å²) in [4.78, 5) is 25.1. The minimum Gasteiger partial charge on any atom is -0.452 e. The molecule has 0 amide bonds. The molecule has 0 atom stereocenters. The lowest BCUT2D eigenvalue weighted by Crippen LogP contribution is -2.08. The molecule has 0 spiro atoms. The van der Waals surface area contributed by atoms with Crippen molar-refractivity contribution in [3.05, 3.63) is 100 Å². The predicted octanol–water partition coefficient (Wildman–Crippen LogP) is 5.28. The maximum absolute atomic E-state index is 13.1. The van der Waals surface area contributed by atoms with Crippen LogP contribution in [-0.4, -0.2) is 11.8 Å². The van der Waals surface area contributed by atoms with Crippen LogP contribution in [0.5, 0.6) is 11.5 Å². The van der Waals surface area contributed by atoms with Crippen LogP contribution >= 0.6 is 0 Å². The molecule has 0 fully saturated rings. The number of hydrogen-bond donors (Lipinski definition) is 0. The lowest BCUT2D eigenvalue weighted by molar-refractivity contribution is 0.0734. The molecule has 29 heavy (non-hydrogen) atoms. The van der Waals surface area contributed by atoms with Crippen LogP contribution < -0.4 is 9.47 Å². The van der Waals surface area contributed by atoms with Crippen molar-refractivity contribution in [3.8, 4) is 11.5 Å². The van der Waals surface area contributed by atoms with Crippen molar-refractivity contribution in [2.75, 3.05) is 0 Å². The highest BCUT2D eigenvalue weighted by Gasteiger charge is 2.30. The Bertz CT molecular complexity index is 1140. The van der Waals surface area contributed by atoms with E-state index in [1.54, 1.807) is 43.3 Å². The number of aryl methyl sites for hydroxylation is 2. The van der Waals surface area contributed by atoms with Crippen LogP contribution in [0, 0.1) is 19.7 Å².